The monoisotopic (exact) mass is 226 g/mol. The molecule has 0 spiro atoms. The molecule has 2 unspecified atom stereocenters. The van der Waals surface area contributed by atoms with Gasteiger partial charge in [-0.25, -0.2) is 0 Å². The van der Waals surface area contributed by atoms with Crippen LogP contribution in [0.3, 0.4) is 0 Å². The summed E-state index contributed by atoms with van der Waals surface area (Å²) in [5.74, 6) is 0.976. The van der Waals surface area contributed by atoms with Gasteiger partial charge in [0.15, 0.2) is 0 Å². The summed E-state index contributed by atoms with van der Waals surface area (Å²) in [4.78, 5) is 11.6. The molecule has 0 aliphatic heterocycles. The lowest BCUT2D eigenvalue weighted by atomic mass is 9.82. The maximum absolute atomic E-state index is 11.6. The van der Waals surface area contributed by atoms with E-state index in [9.17, 15) is 4.79 Å². The van der Waals surface area contributed by atoms with Crippen molar-refractivity contribution in [3.63, 3.8) is 0 Å². The molecule has 88 valence electrons. The third-order valence-electron chi connectivity index (χ3n) is 3.15. The Labute approximate surface area is 105 Å². The Morgan fingerprint density at radius 2 is 2.35 bits per heavy atom. The number of ketones is 1. The Bertz CT molecular complexity index is 363. The van der Waals surface area contributed by atoms with Crippen LogP contribution in [0.15, 0.2) is 48.6 Å². The lowest BCUT2D eigenvalue weighted by Gasteiger charge is -2.22. The highest BCUT2D eigenvalue weighted by atomic mass is 16.1. The third-order valence-corrected chi connectivity index (χ3v) is 3.15. The smallest absolute Gasteiger partial charge is 0.150 e. The lowest BCUT2D eigenvalue weighted by molar-refractivity contribution is -0.113. The predicted molar refractivity (Wildman–Crippen MR) is 74.0 cm³/mol. The topological polar surface area (TPSA) is 17.1 Å². The molecule has 0 saturated carbocycles. The van der Waals surface area contributed by atoms with E-state index in [1.165, 1.54) is 0 Å². The van der Waals surface area contributed by atoms with Gasteiger partial charge in [0.1, 0.15) is 5.78 Å². The van der Waals surface area contributed by atoms with Gasteiger partial charge in [-0.2, -0.15) is 0 Å². The maximum Gasteiger partial charge on any atom is 0.150 e. The first-order valence-corrected chi connectivity index (χ1v) is 6.07. The zero-order valence-corrected chi connectivity index (χ0v) is 10.4. The van der Waals surface area contributed by atoms with Crippen molar-refractivity contribution in [2.75, 3.05) is 0 Å². The van der Waals surface area contributed by atoms with E-state index in [1.54, 1.807) is 12.2 Å². The van der Waals surface area contributed by atoms with Crippen LogP contribution in [0.25, 0.3) is 0 Å². The van der Waals surface area contributed by atoms with E-state index < -0.39 is 0 Å². The Hall–Kier alpha value is -1.31. The molecule has 2 heteroatoms. The number of carbonyl (C=O) groups is 1. The van der Waals surface area contributed by atoms with Crippen molar-refractivity contribution in [3.8, 4) is 0 Å². The molecule has 0 N–H and O–H groups in total. The fraction of sp³-hybridized carbons (Fsp3) is 0.400. The molecule has 0 saturated heterocycles. The van der Waals surface area contributed by atoms with E-state index in [-0.39, 0.29) is 12.1 Å². The Morgan fingerprint density at radius 3 is 2.88 bits per heavy atom. The molecule has 2 atom stereocenters. The molecule has 2 radical (unpaired) electrons. The second kappa shape index (κ2) is 7.11. The van der Waals surface area contributed by atoms with Gasteiger partial charge in [-0.1, -0.05) is 50.0 Å². The number of hydrogen-bond acceptors (Lipinski definition) is 1. The molecule has 0 aromatic carbocycles. The van der Waals surface area contributed by atoms with Crippen molar-refractivity contribution in [1.29, 1.82) is 0 Å². The second-order valence-electron chi connectivity index (χ2n) is 4.45. The molecule has 1 nitrogen and oxygen atoms in total. The summed E-state index contributed by atoms with van der Waals surface area (Å²) in [7, 11) is 5.41. The van der Waals surface area contributed by atoms with Crippen LogP contribution < -0.4 is 0 Å². The second-order valence-corrected chi connectivity index (χ2v) is 4.45. The first-order valence-electron chi connectivity index (χ1n) is 6.07. The number of hydrogen-bond donors (Lipinski definition) is 0. The molecular formula is C15H19BO. The summed E-state index contributed by atoms with van der Waals surface area (Å²) in [6, 6.07) is 0. The van der Waals surface area contributed by atoms with Crippen molar-refractivity contribution in [2.45, 2.75) is 26.1 Å². The van der Waals surface area contributed by atoms with Gasteiger partial charge in [0, 0.05) is 0 Å². The van der Waals surface area contributed by atoms with Gasteiger partial charge in [-0.15, -0.1) is 0 Å². The van der Waals surface area contributed by atoms with E-state index in [2.05, 4.69) is 37.8 Å². The van der Waals surface area contributed by atoms with Crippen LogP contribution in [0.5, 0.6) is 0 Å². The highest BCUT2D eigenvalue weighted by Gasteiger charge is 2.18. The van der Waals surface area contributed by atoms with Crippen LogP contribution in [0.1, 0.15) is 19.8 Å². The SMILES string of the molecule is [B]CC(=O)/C(=C/C=C)CC(C)C1C=CC=CC1. The van der Waals surface area contributed by atoms with Crippen LogP contribution in [-0.4, -0.2) is 13.6 Å². The molecule has 1 rings (SSSR count). The summed E-state index contributed by atoms with van der Waals surface area (Å²) in [6.45, 7) is 5.82. The van der Waals surface area contributed by atoms with Crippen molar-refractivity contribution in [3.05, 3.63) is 48.6 Å². The molecule has 0 fully saturated rings. The van der Waals surface area contributed by atoms with Gasteiger partial charge in [0.25, 0.3) is 0 Å². The molecule has 0 aromatic heterocycles. The summed E-state index contributed by atoms with van der Waals surface area (Å²) >= 11 is 0. The van der Waals surface area contributed by atoms with Crippen LogP contribution >= 0.6 is 0 Å². The van der Waals surface area contributed by atoms with E-state index in [0.717, 1.165) is 18.4 Å². The van der Waals surface area contributed by atoms with Crippen LogP contribution in [0, 0.1) is 11.8 Å². The van der Waals surface area contributed by atoms with Crippen molar-refractivity contribution >= 4 is 13.6 Å². The molecular weight excluding hydrogens is 207 g/mol. The first-order chi connectivity index (χ1) is 8.19. The quantitative estimate of drug-likeness (QED) is 0.385. The number of rotatable bonds is 6. The van der Waals surface area contributed by atoms with Gasteiger partial charge in [-0.05, 0) is 36.6 Å². The van der Waals surface area contributed by atoms with E-state index in [0.29, 0.717) is 11.8 Å². The minimum Gasteiger partial charge on any atom is -0.295 e. The maximum atomic E-state index is 11.6. The van der Waals surface area contributed by atoms with Gasteiger partial charge >= 0.3 is 0 Å². The van der Waals surface area contributed by atoms with Crippen molar-refractivity contribution in [2.24, 2.45) is 11.8 Å². The largest absolute Gasteiger partial charge is 0.295 e. The molecule has 0 amide bonds. The molecule has 17 heavy (non-hydrogen) atoms. The van der Waals surface area contributed by atoms with Gasteiger partial charge < -0.3 is 0 Å². The fourth-order valence-electron chi connectivity index (χ4n) is 2.07. The Kier molecular flexibility index (Phi) is 5.75. The first kappa shape index (κ1) is 13.8. The molecule has 0 aromatic rings. The van der Waals surface area contributed by atoms with Crippen LogP contribution in [-0.2, 0) is 4.79 Å². The lowest BCUT2D eigenvalue weighted by Crippen LogP contribution is -2.14. The molecule has 1 aliphatic carbocycles. The summed E-state index contributed by atoms with van der Waals surface area (Å²) < 4.78 is 0. The zero-order chi connectivity index (χ0) is 12.7. The van der Waals surface area contributed by atoms with Crippen LogP contribution in [0.2, 0.25) is 6.32 Å². The Morgan fingerprint density at radius 1 is 1.59 bits per heavy atom. The van der Waals surface area contributed by atoms with Crippen LogP contribution in [0.4, 0.5) is 0 Å². The molecule has 0 heterocycles. The highest BCUT2D eigenvalue weighted by molar-refractivity contribution is 6.23. The summed E-state index contributed by atoms with van der Waals surface area (Å²) in [6.07, 6.45) is 13.9. The predicted octanol–water partition coefficient (Wildman–Crippen LogP) is 3.41. The summed E-state index contributed by atoms with van der Waals surface area (Å²) in [5.41, 5.74) is 0.790. The average Bonchev–Trinajstić information content (AvgIpc) is 2.38. The third kappa shape index (κ3) is 4.22. The fourth-order valence-corrected chi connectivity index (χ4v) is 2.07. The van der Waals surface area contributed by atoms with Gasteiger partial charge in [0.05, 0.1) is 7.85 Å². The highest BCUT2D eigenvalue weighted by Crippen LogP contribution is 2.27. The van der Waals surface area contributed by atoms with Crippen molar-refractivity contribution < 1.29 is 4.79 Å². The number of allylic oxidation sites excluding steroid dienone is 7. The average molecular weight is 226 g/mol. The van der Waals surface area contributed by atoms with Crippen molar-refractivity contribution in [1.82, 2.24) is 0 Å². The Balaban J connectivity index is 2.64. The standard InChI is InChI=1S/C15H19BO/c1-3-7-14(15(17)11-16)10-12(2)13-8-5-4-6-9-13/h3-8,12-13H,1,9-11H2,2H3/b14-7+. The van der Waals surface area contributed by atoms with E-state index in [4.69, 9.17) is 7.85 Å². The normalized spacial score (nSPS) is 21.2. The van der Waals surface area contributed by atoms with Gasteiger partial charge in [0.2, 0.25) is 0 Å². The minimum atomic E-state index is 0.0204. The zero-order valence-electron chi connectivity index (χ0n) is 10.4. The van der Waals surface area contributed by atoms with E-state index >= 15 is 0 Å². The summed E-state index contributed by atoms with van der Waals surface area (Å²) in [5, 5.41) is 0. The number of carbonyl (C=O) groups excluding carboxylic acids is 1. The molecule has 0 bridgehead atoms. The minimum absolute atomic E-state index is 0.0204. The number of Topliss-reactive ketones (excluding diaryl/α,β-unsaturated/α-hetero) is 1. The van der Waals surface area contributed by atoms with E-state index in [1.807, 2.05) is 0 Å². The molecule has 1 aliphatic rings. The van der Waals surface area contributed by atoms with Gasteiger partial charge in [-0.3, -0.25) is 4.79 Å².